The van der Waals surface area contributed by atoms with Gasteiger partial charge in [-0.05, 0) is 23.6 Å². The van der Waals surface area contributed by atoms with Gasteiger partial charge in [-0.25, -0.2) is 0 Å². The largest absolute Gasteiger partial charge is 0.480 e. The van der Waals surface area contributed by atoms with Crippen LogP contribution in [-0.2, 0) is 19.2 Å². The number of carboxylic acid groups (broad SMARTS) is 1. The Bertz CT molecular complexity index is 805. The lowest BCUT2D eigenvalue weighted by molar-refractivity contribution is -0.152. The normalized spacial score (nSPS) is 30.6. The first-order valence-electron chi connectivity index (χ1n) is 8.86. The van der Waals surface area contributed by atoms with Gasteiger partial charge in [0, 0.05) is 13.0 Å². The van der Waals surface area contributed by atoms with Gasteiger partial charge in [0.05, 0.1) is 11.8 Å². The first-order chi connectivity index (χ1) is 12.7. The molecule has 0 radical (unpaired) electrons. The summed E-state index contributed by atoms with van der Waals surface area (Å²) in [5.74, 6) is -4.46. The highest BCUT2D eigenvalue weighted by molar-refractivity contribution is 6.09. The molecule has 5 atom stereocenters. The van der Waals surface area contributed by atoms with Crippen molar-refractivity contribution in [1.82, 2.24) is 10.6 Å². The average molecular weight is 374 g/mol. The zero-order valence-corrected chi connectivity index (χ0v) is 15.3. The molecule has 5 unspecified atom stereocenters. The number of hydrogen-bond acceptors (Lipinski definition) is 6. The number of amides is 2. The Morgan fingerprint density at radius 1 is 1.22 bits per heavy atom. The zero-order valence-electron chi connectivity index (χ0n) is 15.3. The lowest BCUT2D eigenvalue weighted by Gasteiger charge is -2.35. The minimum absolute atomic E-state index is 0.346. The monoisotopic (exact) mass is 374 g/mol. The van der Waals surface area contributed by atoms with Gasteiger partial charge in [0.15, 0.2) is 0 Å². The van der Waals surface area contributed by atoms with Crippen LogP contribution in [0.2, 0.25) is 0 Å². The molecular weight excluding hydrogens is 352 g/mol. The van der Waals surface area contributed by atoms with E-state index in [2.05, 4.69) is 10.6 Å². The van der Waals surface area contributed by atoms with Gasteiger partial charge >= 0.3 is 11.9 Å². The van der Waals surface area contributed by atoms with E-state index in [1.54, 1.807) is 31.2 Å². The van der Waals surface area contributed by atoms with E-state index in [1.807, 2.05) is 6.92 Å². The topological polar surface area (TPSA) is 122 Å². The van der Waals surface area contributed by atoms with Gasteiger partial charge in [-0.1, -0.05) is 32.4 Å². The molecule has 0 spiro atoms. The first-order valence-corrected chi connectivity index (χ1v) is 8.86. The van der Waals surface area contributed by atoms with E-state index >= 15 is 0 Å². The standard InChI is InChI=1S/C19H22N2O6/c1-4-9(2)19(18(25)26)14-13(16(23)20-17(14)24)15(21-19)11-5-7-12(8-6-11)27-10(3)22/h5-9,13-15,21H,4H2,1-3H3,(H,25,26)(H,20,23,24). The molecule has 8 nitrogen and oxygen atoms in total. The smallest absolute Gasteiger partial charge is 0.325 e. The Morgan fingerprint density at radius 2 is 1.85 bits per heavy atom. The van der Waals surface area contributed by atoms with Crippen molar-refractivity contribution in [2.45, 2.75) is 38.8 Å². The number of carbonyl (C=O) groups is 4. The second kappa shape index (κ2) is 6.77. The molecule has 8 heteroatoms. The summed E-state index contributed by atoms with van der Waals surface area (Å²) in [4.78, 5) is 48.2. The van der Waals surface area contributed by atoms with E-state index in [4.69, 9.17) is 4.74 Å². The van der Waals surface area contributed by atoms with Gasteiger partial charge < -0.3 is 9.84 Å². The number of nitrogens with one attached hydrogen (secondary N) is 2. The van der Waals surface area contributed by atoms with Gasteiger partial charge in [0.2, 0.25) is 11.8 Å². The molecule has 144 valence electrons. The van der Waals surface area contributed by atoms with E-state index in [0.29, 0.717) is 17.7 Å². The van der Waals surface area contributed by atoms with Crippen molar-refractivity contribution >= 4 is 23.8 Å². The van der Waals surface area contributed by atoms with Crippen LogP contribution in [0.5, 0.6) is 5.75 Å². The van der Waals surface area contributed by atoms with Crippen LogP contribution >= 0.6 is 0 Å². The number of rotatable bonds is 5. The molecule has 27 heavy (non-hydrogen) atoms. The van der Waals surface area contributed by atoms with Crippen molar-refractivity contribution in [2.24, 2.45) is 17.8 Å². The van der Waals surface area contributed by atoms with Gasteiger partial charge in [0.25, 0.3) is 0 Å². The maximum atomic E-state index is 12.5. The van der Waals surface area contributed by atoms with Gasteiger partial charge in [-0.15, -0.1) is 0 Å². The summed E-state index contributed by atoms with van der Waals surface area (Å²) in [5.41, 5.74) is -0.883. The lowest BCUT2D eigenvalue weighted by atomic mass is 9.72. The highest BCUT2D eigenvalue weighted by Gasteiger charge is 2.67. The average Bonchev–Trinajstić information content (AvgIpc) is 3.12. The quantitative estimate of drug-likeness (QED) is 0.399. The summed E-state index contributed by atoms with van der Waals surface area (Å²) in [7, 11) is 0. The number of fused-ring (bicyclic) bond motifs is 1. The van der Waals surface area contributed by atoms with Crippen molar-refractivity contribution < 1.29 is 29.0 Å². The van der Waals surface area contributed by atoms with Crippen molar-refractivity contribution in [3.63, 3.8) is 0 Å². The second-order valence-electron chi connectivity index (χ2n) is 7.13. The van der Waals surface area contributed by atoms with E-state index < -0.39 is 47.2 Å². The highest BCUT2D eigenvalue weighted by atomic mass is 16.5. The fraction of sp³-hybridized carbons (Fsp3) is 0.474. The summed E-state index contributed by atoms with van der Waals surface area (Å²) in [5, 5.41) is 15.4. The van der Waals surface area contributed by atoms with Crippen LogP contribution in [0, 0.1) is 17.8 Å². The van der Waals surface area contributed by atoms with Crippen LogP contribution in [0.1, 0.15) is 38.8 Å². The van der Waals surface area contributed by atoms with E-state index in [0.717, 1.165) is 0 Å². The number of carboxylic acids is 1. The molecule has 3 rings (SSSR count). The minimum Gasteiger partial charge on any atom is -0.480 e. The molecule has 0 bridgehead atoms. The third-order valence-electron chi connectivity index (χ3n) is 5.68. The van der Waals surface area contributed by atoms with Crippen molar-refractivity contribution in [2.75, 3.05) is 0 Å². The van der Waals surface area contributed by atoms with Crippen LogP contribution < -0.4 is 15.4 Å². The number of imide groups is 1. The Labute approximate surface area is 156 Å². The van der Waals surface area contributed by atoms with Gasteiger partial charge in [-0.2, -0.15) is 0 Å². The number of hydrogen-bond donors (Lipinski definition) is 3. The molecule has 0 saturated carbocycles. The molecule has 2 fully saturated rings. The molecule has 2 aliphatic rings. The Morgan fingerprint density at radius 3 is 2.37 bits per heavy atom. The summed E-state index contributed by atoms with van der Waals surface area (Å²) in [6, 6.07) is 5.84. The minimum atomic E-state index is -1.53. The maximum absolute atomic E-state index is 12.5. The number of aliphatic carboxylic acids is 1. The molecule has 2 heterocycles. The number of benzene rings is 1. The molecule has 3 N–H and O–H groups in total. The molecule has 1 aromatic rings. The maximum Gasteiger partial charge on any atom is 0.325 e. The van der Waals surface area contributed by atoms with Crippen molar-refractivity contribution in [1.29, 1.82) is 0 Å². The van der Waals surface area contributed by atoms with Crippen LogP contribution in [0.25, 0.3) is 0 Å². The number of carbonyl (C=O) groups excluding carboxylic acids is 3. The molecule has 2 aliphatic heterocycles. The second-order valence-corrected chi connectivity index (χ2v) is 7.13. The van der Waals surface area contributed by atoms with Crippen LogP contribution in [0.3, 0.4) is 0 Å². The summed E-state index contributed by atoms with van der Waals surface area (Å²) in [6.45, 7) is 4.90. The van der Waals surface area contributed by atoms with Crippen molar-refractivity contribution in [3.8, 4) is 5.75 Å². The predicted octanol–water partition coefficient (Wildman–Crippen LogP) is 1.01. The first kappa shape index (κ1) is 19.0. The Hall–Kier alpha value is -2.74. The van der Waals surface area contributed by atoms with Crippen LogP contribution in [0.4, 0.5) is 0 Å². The predicted molar refractivity (Wildman–Crippen MR) is 93.6 cm³/mol. The lowest BCUT2D eigenvalue weighted by Crippen LogP contribution is -2.59. The molecule has 2 amide bonds. The van der Waals surface area contributed by atoms with Crippen LogP contribution in [-0.4, -0.2) is 34.4 Å². The highest BCUT2D eigenvalue weighted by Crippen LogP contribution is 2.49. The number of ether oxygens (including phenoxy) is 1. The van der Waals surface area contributed by atoms with Crippen LogP contribution in [0.15, 0.2) is 24.3 Å². The fourth-order valence-electron chi connectivity index (χ4n) is 4.24. The molecule has 1 aromatic carbocycles. The summed E-state index contributed by atoms with van der Waals surface area (Å²) < 4.78 is 5.00. The SMILES string of the molecule is CCC(C)C1(C(=O)O)NC(c2ccc(OC(C)=O)cc2)C2C(=O)NC(=O)C21. The fourth-order valence-corrected chi connectivity index (χ4v) is 4.24. The molecule has 2 saturated heterocycles. The number of esters is 1. The van der Waals surface area contributed by atoms with Gasteiger partial charge in [-0.3, -0.25) is 29.8 Å². The van der Waals surface area contributed by atoms with E-state index in [-0.39, 0.29) is 5.92 Å². The molecule has 0 aromatic heterocycles. The third-order valence-corrected chi connectivity index (χ3v) is 5.68. The zero-order chi connectivity index (χ0) is 19.9. The van der Waals surface area contributed by atoms with E-state index in [9.17, 15) is 24.3 Å². The Balaban J connectivity index is 2.04. The third kappa shape index (κ3) is 2.90. The summed E-state index contributed by atoms with van der Waals surface area (Å²) >= 11 is 0. The molecule has 0 aliphatic carbocycles. The molecular formula is C19H22N2O6. The van der Waals surface area contributed by atoms with Gasteiger partial charge in [0.1, 0.15) is 11.3 Å². The summed E-state index contributed by atoms with van der Waals surface area (Å²) in [6.07, 6.45) is 0.530. The van der Waals surface area contributed by atoms with Crippen molar-refractivity contribution in [3.05, 3.63) is 29.8 Å². The Kier molecular flexibility index (Phi) is 4.77. The van der Waals surface area contributed by atoms with E-state index in [1.165, 1.54) is 6.92 Å².